The molecule has 0 aliphatic carbocycles. The number of anilines is 2. The highest BCUT2D eigenvalue weighted by Crippen LogP contribution is 2.17. The van der Waals surface area contributed by atoms with Crippen LogP contribution in [0.4, 0.5) is 11.5 Å². The summed E-state index contributed by atoms with van der Waals surface area (Å²) in [5, 5.41) is 10.2. The van der Waals surface area contributed by atoms with E-state index in [9.17, 15) is 4.79 Å². The van der Waals surface area contributed by atoms with Gasteiger partial charge in [0, 0.05) is 30.4 Å². The van der Waals surface area contributed by atoms with Gasteiger partial charge in [-0.1, -0.05) is 13.0 Å². The maximum absolute atomic E-state index is 11.1. The van der Waals surface area contributed by atoms with Crippen LogP contribution >= 0.6 is 0 Å². The first-order valence-corrected chi connectivity index (χ1v) is 8.09. The van der Waals surface area contributed by atoms with Gasteiger partial charge in [-0.05, 0) is 18.6 Å². The molecule has 25 heavy (non-hydrogen) atoms. The monoisotopic (exact) mass is 340 g/mol. The van der Waals surface area contributed by atoms with Crippen molar-refractivity contribution in [1.82, 2.24) is 19.6 Å². The molecule has 130 valence electrons. The van der Waals surface area contributed by atoms with E-state index in [4.69, 9.17) is 4.74 Å². The van der Waals surface area contributed by atoms with Crippen molar-refractivity contribution < 1.29 is 9.53 Å². The lowest BCUT2D eigenvalue weighted by atomic mass is 10.3. The third kappa shape index (κ3) is 4.23. The number of nitrogens with zero attached hydrogens (tertiary/aromatic N) is 4. The van der Waals surface area contributed by atoms with Gasteiger partial charge in [-0.25, -0.2) is 4.98 Å². The molecule has 0 saturated carbocycles. The second kappa shape index (κ2) is 7.61. The molecule has 3 rings (SSSR count). The van der Waals surface area contributed by atoms with Crippen molar-refractivity contribution >= 4 is 23.2 Å². The second-order valence-corrected chi connectivity index (χ2v) is 5.44. The van der Waals surface area contributed by atoms with Gasteiger partial charge in [-0.15, -0.1) is 0 Å². The average Bonchev–Trinajstić information content (AvgIpc) is 3.07. The Hall–Kier alpha value is -3.16. The number of ether oxygens (including phenoxy) is 1. The molecule has 0 radical (unpaired) electrons. The van der Waals surface area contributed by atoms with Gasteiger partial charge in [-0.2, -0.15) is 14.6 Å². The van der Waals surface area contributed by atoms with E-state index in [-0.39, 0.29) is 5.91 Å². The Morgan fingerprint density at radius 3 is 3.00 bits per heavy atom. The molecule has 8 nitrogen and oxygen atoms in total. The van der Waals surface area contributed by atoms with E-state index in [1.807, 2.05) is 31.2 Å². The molecule has 0 atom stereocenters. The van der Waals surface area contributed by atoms with Crippen LogP contribution in [0.15, 0.2) is 36.7 Å². The average molecular weight is 340 g/mol. The summed E-state index contributed by atoms with van der Waals surface area (Å²) in [6, 6.07) is 9.25. The summed E-state index contributed by atoms with van der Waals surface area (Å²) >= 11 is 0. The number of nitrogens with one attached hydrogen (secondary N) is 2. The molecule has 0 aliphatic heterocycles. The minimum absolute atomic E-state index is 0.111. The van der Waals surface area contributed by atoms with Gasteiger partial charge in [0.25, 0.3) is 5.78 Å². The van der Waals surface area contributed by atoms with E-state index in [2.05, 4.69) is 25.7 Å². The van der Waals surface area contributed by atoms with E-state index >= 15 is 0 Å². The first-order valence-electron chi connectivity index (χ1n) is 8.09. The molecule has 1 amide bonds. The number of benzene rings is 1. The maximum Gasteiger partial charge on any atom is 0.254 e. The van der Waals surface area contributed by atoms with Crippen molar-refractivity contribution in [3.05, 3.63) is 42.4 Å². The van der Waals surface area contributed by atoms with Crippen LogP contribution in [-0.2, 0) is 11.2 Å². The molecule has 3 aromatic rings. The van der Waals surface area contributed by atoms with Gasteiger partial charge in [-0.3, -0.25) is 4.79 Å². The first-order chi connectivity index (χ1) is 12.2. The Labute approximate surface area is 145 Å². The SMILES string of the molecule is CCc1cc(NCCOc2cccc(NC(C)=O)c2)n2ncnc2n1. The summed E-state index contributed by atoms with van der Waals surface area (Å²) in [7, 11) is 0. The normalized spacial score (nSPS) is 10.6. The molecule has 0 spiro atoms. The van der Waals surface area contributed by atoms with Crippen LogP contribution in [0.25, 0.3) is 5.78 Å². The Bertz CT molecular complexity index is 876. The molecular formula is C17H20N6O2. The van der Waals surface area contributed by atoms with Crippen LogP contribution in [0.3, 0.4) is 0 Å². The number of aromatic nitrogens is 4. The summed E-state index contributed by atoms with van der Waals surface area (Å²) in [4.78, 5) is 19.6. The molecule has 8 heteroatoms. The van der Waals surface area contributed by atoms with Crippen LogP contribution in [0.5, 0.6) is 5.75 Å². The summed E-state index contributed by atoms with van der Waals surface area (Å²) < 4.78 is 7.39. The Morgan fingerprint density at radius 2 is 2.20 bits per heavy atom. The minimum atomic E-state index is -0.111. The number of hydrogen-bond acceptors (Lipinski definition) is 6. The number of carbonyl (C=O) groups is 1. The number of aryl methyl sites for hydroxylation is 1. The zero-order valence-electron chi connectivity index (χ0n) is 14.2. The topological polar surface area (TPSA) is 93.4 Å². The first kappa shape index (κ1) is 16.7. The number of hydrogen-bond donors (Lipinski definition) is 2. The van der Waals surface area contributed by atoms with Gasteiger partial charge in [0.15, 0.2) is 0 Å². The molecule has 0 saturated heterocycles. The number of fused-ring (bicyclic) bond motifs is 1. The summed E-state index contributed by atoms with van der Waals surface area (Å²) in [5.74, 6) is 1.99. The van der Waals surface area contributed by atoms with Crippen molar-refractivity contribution in [3.8, 4) is 5.75 Å². The van der Waals surface area contributed by atoms with Gasteiger partial charge < -0.3 is 15.4 Å². The van der Waals surface area contributed by atoms with Gasteiger partial charge in [0.05, 0.1) is 6.54 Å². The highest BCUT2D eigenvalue weighted by Gasteiger charge is 2.06. The zero-order valence-corrected chi connectivity index (χ0v) is 14.2. The Balaban J connectivity index is 1.59. The predicted octanol–water partition coefficient (Wildman–Crippen LogP) is 2.14. The van der Waals surface area contributed by atoms with Gasteiger partial charge in [0.2, 0.25) is 5.91 Å². The highest BCUT2D eigenvalue weighted by atomic mass is 16.5. The lowest BCUT2D eigenvalue weighted by Crippen LogP contribution is -2.15. The molecule has 2 heterocycles. The van der Waals surface area contributed by atoms with Crippen LogP contribution in [0, 0.1) is 0 Å². The molecular weight excluding hydrogens is 320 g/mol. The minimum Gasteiger partial charge on any atom is -0.492 e. The summed E-state index contributed by atoms with van der Waals surface area (Å²) in [6.07, 6.45) is 2.31. The molecule has 1 aromatic carbocycles. The number of carbonyl (C=O) groups excluding carboxylic acids is 1. The molecule has 0 aliphatic rings. The van der Waals surface area contributed by atoms with Gasteiger partial charge in [0.1, 0.15) is 24.5 Å². The van der Waals surface area contributed by atoms with E-state index in [0.717, 1.165) is 17.9 Å². The lowest BCUT2D eigenvalue weighted by molar-refractivity contribution is -0.114. The van der Waals surface area contributed by atoms with E-state index < -0.39 is 0 Å². The fraction of sp³-hybridized carbons (Fsp3) is 0.294. The largest absolute Gasteiger partial charge is 0.492 e. The lowest BCUT2D eigenvalue weighted by Gasteiger charge is -2.11. The van der Waals surface area contributed by atoms with Crippen LogP contribution in [-0.4, -0.2) is 38.6 Å². The summed E-state index contributed by atoms with van der Waals surface area (Å²) in [5.41, 5.74) is 1.66. The number of rotatable bonds is 7. The Morgan fingerprint density at radius 1 is 1.32 bits per heavy atom. The van der Waals surface area contributed by atoms with Crippen LogP contribution in [0.1, 0.15) is 19.5 Å². The molecule has 0 bridgehead atoms. The quantitative estimate of drug-likeness (QED) is 0.640. The van der Waals surface area contributed by atoms with Crippen molar-refractivity contribution in [2.24, 2.45) is 0 Å². The van der Waals surface area contributed by atoms with Crippen LogP contribution in [0.2, 0.25) is 0 Å². The zero-order chi connectivity index (χ0) is 17.6. The van der Waals surface area contributed by atoms with E-state index in [1.165, 1.54) is 13.3 Å². The smallest absolute Gasteiger partial charge is 0.254 e. The third-order valence-corrected chi connectivity index (χ3v) is 3.50. The van der Waals surface area contributed by atoms with Crippen molar-refractivity contribution in [3.63, 3.8) is 0 Å². The van der Waals surface area contributed by atoms with Crippen molar-refractivity contribution in [1.29, 1.82) is 0 Å². The third-order valence-electron chi connectivity index (χ3n) is 3.50. The van der Waals surface area contributed by atoms with Gasteiger partial charge >= 0.3 is 0 Å². The highest BCUT2D eigenvalue weighted by molar-refractivity contribution is 5.88. The standard InChI is InChI=1S/C17H20N6O2/c1-3-13-10-16(23-17(22-13)19-11-20-23)18-7-8-25-15-6-4-5-14(9-15)21-12(2)24/h4-6,9-11,18H,3,7-8H2,1-2H3,(H,21,24). The Kier molecular flexibility index (Phi) is 5.08. The molecule has 0 unspecified atom stereocenters. The van der Waals surface area contributed by atoms with E-state index in [1.54, 1.807) is 10.6 Å². The van der Waals surface area contributed by atoms with E-state index in [0.29, 0.717) is 30.4 Å². The number of amides is 1. The van der Waals surface area contributed by atoms with Crippen molar-refractivity contribution in [2.75, 3.05) is 23.8 Å². The maximum atomic E-state index is 11.1. The summed E-state index contributed by atoms with van der Waals surface area (Å²) in [6.45, 7) is 4.57. The van der Waals surface area contributed by atoms with Crippen LogP contribution < -0.4 is 15.4 Å². The molecule has 0 fully saturated rings. The molecule has 2 N–H and O–H groups in total. The second-order valence-electron chi connectivity index (χ2n) is 5.44. The predicted molar refractivity (Wildman–Crippen MR) is 94.9 cm³/mol. The fourth-order valence-electron chi connectivity index (χ4n) is 2.38. The fourth-order valence-corrected chi connectivity index (χ4v) is 2.38. The van der Waals surface area contributed by atoms with Crippen molar-refractivity contribution in [2.45, 2.75) is 20.3 Å². The molecule has 2 aromatic heterocycles.